The largest absolute Gasteiger partial charge is 0.381 e. The van der Waals surface area contributed by atoms with Crippen LogP contribution in [0.1, 0.15) is 63.0 Å². The Labute approximate surface area is 234 Å². The van der Waals surface area contributed by atoms with Gasteiger partial charge in [0.2, 0.25) is 5.91 Å². The van der Waals surface area contributed by atoms with Gasteiger partial charge in [-0.2, -0.15) is 0 Å². The highest BCUT2D eigenvalue weighted by Gasteiger charge is 2.36. The Balaban J connectivity index is 1.28. The molecule has 0 bridgehead atoms. The SMILES string of the molecule is CO[C@@H]1C[C@H](CNc2cc(C(CCC3CC3)N3CCCCC3=O)ccc2F)N(C(=O)Nc2ccc(Cl)cn2)C1. The molecule has 8 nitrogen and oxygen atoms in total. The fourth-order valence-corrected chi connectivity index (χ4v) is 5.80. The van der Waals surface area contributed by atoms with Gasteiger partial charge in [0.25, 0.3) is 0 Å². The number of benzene rings is 1. The summed E-state index contributed by atoms with van der Waals surface area (Å²) in [4.78, 5) is 33.7. The summed E-state index contributed by atoms with van der Waals surface area (Å²) >= 11 is 5.90. The molecule has 210 valence electrons. The van der Waals surface area contributed by atoms with Crippen molar-refractivity contribution >= 4 is 35.0 Å². The number of piperidine rings is 1. The van der Waals surface area contributed by atoms with Gasteiger partial charge < -0.3 is 19.9 Å². The minimum atomic E-state index is -0.354. The third-order valence-corrected chi connectivity index (χ3v) is 8.34. The van der Waals surface area contributed by atoms with E-state index in [0.29, 0.717) is 42.5 Å². The molecule has 1 saturated carbocycles. The van der Waals surface area contributed by atoms with Crippen LogP contribution in [-0.4, -0.2) is 65.6 Å². The zero-order chi connectivity index (χ0) is 27.4. The molecule has 1 aromatic heterocycles. The number of nitrogens with zero attached hydrogens (tertiary/aromatic N) is 3. The minimum Gasteiger partial charge on any atom is -0.381 e. The average Bonchev–Trinajstić information content (AvgIpc) is 3.67. The number of carbonyl (C=O) groups is 2. The molecule has 2 aliphatic heterocycles. The highest BCUT2D eigenvalue weighted by molar-refractivity contribution is 6.30. The number of aromatic nitrogens is 1. The Morgan fingerprint density at radius 3 is 2.82 bits per heavy atom. The molecule has 1 aromatic carbocycles. The molecule has 3 fully saturated rings. The molecule has 2 N–H and O–H groups in total. The summed E-state index contributed by atoms with van der Waals surface area (Å²) in [6, 6.07) is 7.90. The molecular formula is C29H37ClFN5O3. The molecule has 3 heterocycles. The van der Waals surface area contributed by atoms with Gasteiger partial charge in [-0.25, -0.2) is 14.2 Å². The Morgan fingerprint density at radius 1 is 1.26 bits per heavy atom. The van der Waals surface area contributed by atoms with Crippen molar-refractivity contribution in [1.82, 2.24) is 14.8 Å². The number of hydrogen-bond donors (Lipinski definition) is 2. The lowest BCUT2D eigenvalue weighted by molar-refractivity contribution is -0.136. The average molecular weight is 558 g/mol. The van der Waals surface area contributed by atoms with Gasteiger partial charge in [-0.05, 0) is 67.9 Å². The molecule has 0 spiro atoms. The number of anilines is 2. The summed E-state index contributed by atoms with van der Waals surface area (Å²) in [5.41, 5.74) is 1.34. The highest BCUT2D eigenvalue weighted by atomic mass is 35.5. The lowest BCUT2D eigenvalue weighted by Crippen LogP contribution is -2.42. The van der Waals surface area contributed by atoms with E-state index in [0.717, 1.165) is 43.7 Å². The van der Waals surface area contributed by atoms with Gasteiger partial charge >= 0.3 is 6.03 Å². The van der Waals surface area contributed by atoms with Crippen LogP contribution in [0.4, 0.5) is 20.7 Å². The standard InChI is InChI=1S/C29H37ClFN5O3/c1-39-23-15-22(36(18-23)29(38)34-27-12-9-21(30)16-33-27)17-32-25-14-20(8-10-24(25)31)26(11-7-19-5-6-19)35-13-3-2-4-28(35)37/h8-10,12,14,16,19,22-23,26,32H,2-7,11,13,15,17-18H2,1H3,(H,33,34,38)/t22-,23-,26?/m1/s1. The van der Waals surface area contributed by atoms with Crippen LogP contribution in [-0.2, 0) is 9.53 Å². The smallest absolute Gasteiger partial charge is 0.323 e. The Bertz CT molecular complexity index is 1160. The zero-order valence-corrected chi connectivity index (χ0v) is 23.1. The molecule has 3 atom stereocenters. The van der Waals surface area contributed by atoms with E-state index in [1.165, 1.54) is 25.1 Å². The third-order valence-electron chi connectivity index (χ3n) is 8.12. The number of pyridine rings is 1. The fourth-order valence-electron chi connectivity index (χ4n) is 5.69. The number of urea groups is 1. The maximum Gasteiger partial charge on any atom is 0.323 e. The predicted molar refractivity (Wildman–Crippen MR) is 149 cm³/mol. The highest BCUT2D eigenvalue weighted by Crippen LogP contribution is 2.39. The van der Waals surface area contributed by atoms with E-state index in [4.69, 9.17) is 16.3 Å². The number of hydrogen-bond acceptors (Lipinski definition) is 5. The number of carbonyl (C=O) groups excluding carboxylic acids is 2. The van der Waals surface area contributed by atoms with E-state index in [9.17, 15) is 14.0 Å². The fraction of sp³-hybridized carbons (Fsp3) is 0.552. The van der Waals surface area contributed by atoms with Crippen LogP contribution >= 0.6 is 11.6 Å². The topological polar surface area (TPSA) is 86.8 Å². The number of halogens is 2. The maximum atomic E-state index is 15.0. The van der Waals surface area contributed by atoms with Crippen molar-refractivity contribution in [3.8, 4) is 0 Å². The first-order valence-electron chi connectivity index (χ1n) is 14.0. The normalized spacial score (nSPS) is 22.2. The summed E-state index contributed by atoms with van der Waals surface area (Å²) in [6.45, 7) is 1.53. The Kier molecular flexibility index (Phi) is 8.87. The maximum absolute atomic E-state index is 15.0. The van der Waals surface area contributed by atoms with Crippen molar-refractivity contribution < 1.29 is 18.7 Å². The first-order valence-corrected chi connectivity index (χ1v) is 14.3. The van der Waals surface area contributed by atoms with Crippen LogP contribution in [0, 0.1) is 11.7 Å². The lowest BCUT2D eigenvalue weighted by Gasteiger charge is -2.35. The Morgan fingerprint density at radius 2 is 2.10 bits per heavy atom. The summed E-state index contributed by atoms with van der Waals surface area (Å²) in [7, 11) is 1.63. The molecule has 1 unspecified atom stereocenters. The van der Waals surface area contributed by atoms with Crippen LogP contribution in [0.2, 0.25) is 5.02 Å². The van der Waals surface area contributed by atoms with Crippen molar-refractivity contribution in [3.05, 3.63) is 52.9 Å². The van der Waals surface area contributed by atoms with Crippen molar-refractivity contribution in [2.24, 2.45) is 5.92 Å². The van der Waals surface area contributed by atoms with Crippen LogP contribution in [0.3, 0.4) is 0 Å². The first kappa shape index (κ1) is 27.6. The van der Waals surface area contributed by atoms with Gasteiger partial charge in [-0.3, -0.25) is 10.1 Å². The molecule has 10 heteroatoms. The van der Waals surface area contributed by atoms with E-state index in [-0.39, 0.29) is 35.9 Å². The van der Waals surface area contributed by atoms with Crippen molar-refractivity contribution in [2.45, 2.75) is 69.6 Å². The molecule has 3 amide bonds. The minimum absolute atomic E-state index is 0.0435. The summed E-state index contributed by atoms with van der Waals surface area (Å²) in [6.07, 6.45) is 9.01. The van der Waals surface area contributed by atoms with E-state index >= 15 is 0 Å². The molecule has 2 aromatic rings. The third kappa shape index (κ3) is 7.00. The number of ether oxygens (including phenoxy) is 1. The van der Waals surface area contributed by atoms with Gasteiger partial charge in [0.15, 0.2) is 0 Å². The van der Waals surface area contributed by atoms with Crippen molar-refractivity contribution in [3.63, 3.8) is 0 Å². The summed E-state index contributed by atoms with van der Waals surface area (Å²) in [5, 5.41) is 6.55. The molecule has 2 saturated heterocycles. The second kappa shape index (κ2) is 12.5. The quantitative estimate of drug-likeness (QED) is 0.382. The molecular weight excluding hydrogens is 521 g/mol. The van der Waals surface area contributed by atoms with Gasteiger partial charge in [-0.15, -0.1) is 0 Å². The van der Waals surface area contributed by atoms with Crippen molar-refractivity contribution in [2.75, 3.05) is 37.4 Å². The van der Waals surface area contributed by atoms with E-state index in [1.54, 1.807) is 24.1 Å². The number of rotatable bonds is 10. The number of likely N-dealkylation sites (tertiary alicyclic amines) is 2. The van der Waals surface area contributed by atoms with Gasteiger partial charge in [0, 0.05) is 39.4 Å². The van der Waals surface area contributed by atoms with Crippen LogP contribution in [0.15, 0.2) is 36.5 Å². The van der Waals surface area contributed by atoms with Crippen LogP contribution in [0.5, 0.6) is 0 Å². The monoisotopic (exact) mass is 557 g/mol. The Hall–Kier alpha value is -2.91. The first-order chi connectivity index (χ1) is 18.9. The lowest BCUT2D eigenvalue weighted by atomic mass is 9.95. The van der Waals surface area contributed by atoms with E-state index in [1.807, 2.05) is 17.0 Å². The number of amides is 3. The van der Waals surface area contributed by atoms with Crippen LogP contribution < -0.4 is 10.6 Å². The van der Waals surface area contributed by atoms with Gasteiger partial charge in [0.1, 0.15) is 11.6 Å². The van der Waals surface area contributed by atoms with Gasteiger partial charge in [-0.1, -0.05) is 30.5 Å². The molecule has 0 radical (unpaired) electrons. The molecule has 5 rings (SSSR count). The van der Waals surface area contributed by atoms with Crippen molar-refractivity contribution in [1.29, 1.82) is 0 Å². The predicted octanol–water partition coefficient (Wildman–Crippen LogP) is 5.85. The molecule has 3 aliphatic rings. The summed E-state index contributed by atoms with van der Waals surface area (Å²) in [5.74, 6) is 0.989. The number of nitrogens with one attached hydrogen (secondary N) is 2. The second-order valence-corrected chi connectivity index (χ2v) is 11.3. The van der Waals surface area contributed by atoms with E-state index < -0.39 is 0 Å². The van der Waals surface area contributed by atoms with Gasteiger partial charge in [0.05, 0.1) is 28.9 Å². The molecule has 1 aliphatic carbocycles. The summed E-state index contributed by atoms with van der Waals surface area (Å²) < 4.78 is 20.5. The second-order valence-electron chi connectivity index (χ2n) is 10.9. The molecule has 39 heavy (non-hydrogen) atoms. The zero-order valence-electron chi connectivity index (χ0n) is 22.4. The van der Waals surface area contributed by atoms with E-state index in [2.05, 4.69) is 15.6 Å². The number of methoxy groups -OCH3 is 1. The van der Waals surface area contributed by atoms with Crippen LogP contribution in [0.25, 0.3) is 0 Å².